The zero-order valence-electron chi connectivity index (χ0n) is 11.8. The highest BCUT2D eigenvalue weighted by Crippen LogP contribution is 2.35. The third kappa shape index (κ3) is 3.04. The van der Waals surface area contributed by atoms with Crippen LogP contribution < -0.4 is 9.47 Å². The van der Waals surface area contributed by atoms with Gasteiger partial charge in [0.05, 0.1) is 11.1 Å². The number of thiophene rings is 1. The summed E-state index contributed by atoms with van der Waals surface area (Å²) in [4.78, 5) is 24.1. The zero-order valence-corrected chi connectivity index (χ0v) is 12.6. The average molecular weight is 332 g/mol. The van der Waals surface area contributed by atoms with Crippen molar-refractivity contribution < 1.29 is 29.3 Å². The van der Waals surface area contributed by atoms with Crippen LogP contribution in [0.2, 0.25) is 0 Å². The van der Waals surface area contributed by atoms with Gasteiger partial charge in [-0.15, -0.1) is 11.3 Å². The van der Waals surface area contributed by atoms with Gasteiger partial charge in [-0.25, -0.2) is 9.59 Å². The van der Waals surface area contributed by atoms with Crippen LogP contribution in [-0.4, -0.2) is 28.9 Å². The van der Waals surface area contributed by atoms with Crippen molar-refractivity contribution in [2.75, 3.05) is 6.79 Å². The topological polar surface area (TPSA) is 93.1 Å². The quantitative estimate of drug-likeness (QED) is 0.818. The van der Waals surface area contributed by atoms with Gasteiger partial charge in [-0.2, -0.15) is 0 Å². The monoisotopic (exact) mass is 332 g/mol. The molecule has 2 N–H and O–H groups in total. The van der Waals surface area contributed by atoms with E-state index < -0.39 is 11.9 Å². The number of carboxylic acid groups (broad SMARTS) is 2. The summed E-state index contributed by atoms with van der Waals surface area (Å²) in [5.74, 6) is -1.64. The molecular weight excluding hydrogens is 320 g/mol. The Balaban J connectivity index is 2.10. The second-order valence-electron chi connectivity index (χ2n) is 4.79. The molecule has 1 aromatic carbocycles. The highest BCUT2D eigenvalue weighted by molar-refractivity contribution is 7.09. The van der Waals surface area contributed by atoms with Crippen molar-refractivity contribution in [3.05, 3.63) is 51.7 Å². The van der Waals surface area contributed by atoms with Gasteiger partial charge in [0.1, 0.15) is 0 Å². The van der Waals surface area contributed by atoms with Crippen LogP contribution in [-0.2, 0) is 16.0 Å². The standard InChI is InChI=1S/C16H12O6S/c17-15(18)11(7-10-2-1-5-23-10)14(16(19)20)9-3-4-12-13(6-9)22-8-21-12/h1-6H,7-8H2,(H,17,18)(H,19,20). The molecule has 0 fully saturated rings. The van der Waals surface area contributed by atoms with Gasteiger partial charge in [-0.3, -0.25) is 0 Å². The van der Waals surface area contributed by atoms with E-state index in [0.717, 1.165) is 4.88 Å². The van der Waals surface area contributed by atoms with Crippen LogP contribution in [0, 0.1) is 0 Å². The van der Waals surface area contributed by atoms with Crippen molar-refractivity contribution >= 4 is 28.8 Å². The molecule has 0 amide bonds. The van der Waals surface area contributed by atoms with Crippen LogP contribution in [0.1, 0.15) is 10.4 Å². The molecule has 0 radical (unpaired) electrons. The Morgan fingerprint density at radius 1 is 1.09 bits per heavy atom. The maximum absolute atomic E-state index is 11.7. The molecule has 0 saturated carbocycles. The third-order valence-corrected chi connectivity index (χ3v) is 4.24. The fourth-order valence-corrected chi connectivity index (χ4v) is 3.05. The summed E-state index contributed by atoms with van der Waals surface area (Å²) in [6, 6.07) is 8.15. The maximum Gasteiger partial charge on any atom is 0.336 e. The summed E-state index contributed by atoms with van der Waals surface area (Å²) in [7, 11) is 0. The molecule has 118 valence electrons. The van der Waals surface area contributed by atoms with E-state index in [0.29, 0.717) is 11.5 Å². The van der Waals surface area contributed by atoms with E-state index in [4.69, 9.17) is 9.47 Å². The first kappa shape index (κ1) is 15.1. The largest absolute Gasteiger partial charge is 0.478 e. The minimum absolute atomic E-state index is 0.0447. The molecule has 0 unspecified atom stereocenters. The van der Waals surface area contributed by atoms with Gasteiger partial charge < -0.3 is 19.7 Å². The van der Waals surface area contributed by atoms with Crippen LogP contribution in [0.4, 0.5) is 0 Å². The Morgan fingerprint density at radius 3 is 2.52 bits per heavy atom. The summed E-state index contributed by atoms with van der Waals surface area (Å²) >= 11 is 1.38. The summed E-state index contributed by atoms with van der Waals surface area (Å²) in [5, 5.41) is 20.8. The average Bonchev–Trinajstić information content (AvgIpc) is 3.16. The molecule has 6 nitrogen and oxygen atoms in total. The lowest BCUT2D eigenvalue weighted by Crippen LogP contribution is -2.12. The van der Waals surface area contributed by atoms with Gasteiger partial charge in [-0.1, -0.05) is 12.1 Å². The van der Waals surface area contributed by atoms with Crippen molar-refractivity contribution in [3.63, 3.8) is 0 Å². The Labute approximate surface area is 135 Å². The minimum atomic E-state index is -1.29. The first-order valence-corrected chi connectivity index (χ1v) is 7.56. The normalized spacial score (nSPS) is 13.6. The summed E-state index contributed by atoms with van der Waals surface area (Å²) < 4.78 is 10.4. The molecule has 0 aliphatic carbocycles. The van der Waals surface area contributed by atoms with Crippen LogP contribution in [0.15, 0.2) is 41.3 Å². The lowest BCUT2D eigenvalue weighted by atomic mass is 9.97. The van der Waals surface area contributed by atoms with Gasteiger partial charge in [0, 0.05) is 11.3 Å². The zero-order chi connectivity index (χ0) is 16.4. The molecule has 1 aliphatic rings. The number of hydrogen-bond donors (Lipinski definition) is 2. The molecule has 2 aromatic rings. The van der Waals surface area contributed by atoms with Gasteiger partial charge in [0.25, 0.3) is 0 Å². The summed E-state index contributed by atoms with van der Waals surface area (Å²) in [6.07, 6.45) is 0.0447. The molecule has 0 spiro atoms. The van der Waals surface area contributed by atoms with E-state index in [1.54, 1.807) is 18.2 Å². The number of carboxylic acids is 2. The Hall–Kier alpha value is -2.80. The molecule has 2 heterocycles. The highest BCUT2D eigenvalue weighted by atomic mass is 32.1. The van der Waals surface area contributed by atoms with Crippen LogP contribution in [0.25, 0.3) is 5.57 Å². The Morgan fingerprint density at radius 2 is 1.87 bits per heavy atom. The van der Waals surface area contributed by atoms with Crippen molar-refractivity contribution in [3.8, 4) is 11.5 Å². The van der Waals surface area contributed by atoms with E-state index in [2.05, 4.69) is 0 Å². The number of hydrogen-bond acceptors (Lipinski definition) is 5. The van der Waals surface area contributed by atoms with Crippen LogP contribution in [0.3, 0.4) is 0 Å². The van der Waals surface area contributed by atoms with E-state index >= 15 is 0 Å². The van der Waals surface area contributed by atoms with Crippen molar-refractivity contribution in [1.29, 1.82) is 0 Å². The minimum Gasteiger partial charge on any atom is -0.478 e. The number of rotatable bonds is 5. The van der Waals surface area contributed by atoms with Gasteiger partial charge in [-0.05, 0) is 29.1 Å². The summed E-state index contributed by atoms with van der Waals surface area (Å²) in [5.41, 5.74) is -0.140. The number of benzene rings is 1. The summed E-state index contributed by atoms with van der Waals surface area (Å²) in [6.45, 7) is 0.0614. The lowest BCUT2D eigenvalue weighted by molar-refractivity contribution is -0.134. The molecule has 0 saturated heterocycles. The second kappa shape index (κ2) is 6.13. The molecular formula is C16H12O6S. The molecule has 7 heteroatoms. The maximum atomic E-state index is 11.7. The highest BCUT2D eigenvalue weighted by Gasteiger charge is 2.24. The van der Waals surface area contributed by atoms with Crippen LogP contribution in [0.5, 0.6) is 11.5 Å². The predicted molar refractivity (Wildman–Crippen MR) is 82.8 cm³/mol. The molecule has 1 aliphatic heterocycles. The number of aliphatic carboxylic acids is 2. The van der Waals surface area contributed by atoms with Crippen molar-refractivity contribution in [2.24, 2.45) is 0 Å². The SMILES string of the molecule is O=C(O)C(Cc1cccs1)=C(C(=O)O)c1ccc2c(c1)OCO2. The molecule has 1 aromatic heterocycles. The van der Waals surface area contributed by atoms with E-state index in [1.165, 1.54) is 23.5 Å². The predicted octanol–water partition coefficient (Wildman–Crippen LogP) is 2.64. The van der Waals surface area contributed by atoms with E-state index in [9.17, 15) is 19.8 Å². The van der Waals surface area contributed by atoms with Crippen LogP contribution >= 0.6 is 11.3 Å². The first-order valence-electron chi connectivity index (χ1n) is 6.68. The Bertz CT molecular complexity index is 791. The smallest absolute Gasteiger partial charge is 0.336 e. The molecule has 0 bridgehead atoms. The Kier molecular flexibility index (Phi) is 4.03. The fourth-order valence-electron chi connectivity index (χ4n) is 2.34. The van der Waals surface area contributed by atoms with E-state index in [-0.39, 0.29) is 29.9 Å². The molecule has 3 rings (SSSR count). The lowest BCUT2D eigenvalue weighted by Gasteiger charge is -2.09. The molecule has 0 atom stereocenters. The number of ether oxygens (including phenoxy) is 2. The van der Waals surface area contributed by atoms with Crippen molar-refractivity contribution in [1.82, 2.24) is 0 Å². The van der Waals surface area contributed by atoms with Gasteiger partial charge in [0.15, 0.2) is 11.5 Å². The number of carbonyl (C=O) groups is 2. The van der Waals surface area contributed by atoms with Gasteiger partial charge >= 0.3 is 11.9 Å². The van der Waals surface area contributed by atoms with Crippen molar-refractivity contribution in [2.45, 2.75) is 6.42 Å². The molecule has 23 heavy (non-hydrogen) atoms. The third-order valence-electron chi connectivity index (χ3n) is 3.37. The first-order chi connectivity index (χ1) is 11.1. The van der Waals surface area contributed by atoms with E-state index in [1.807, 2.05) is 5.38 Å². The fraction of sp³-hybridized carbons (Fsp3) is 0.125. The second-order valence-corrected chi connectivity index (χ2v) is 5.82. The van der Waals surface area contributed by atoms with Gasteiger partial charge in [0.2, 0.25) is 6.79 Å². The number of fused-ring (bicyclic) bond motifs is 1.